The Morgan fingerprint density at radius 1 is 1.04 bits per heavy atom. The topological polar surface area (TPSA) is 94.4 Å². The number of methoxy groups -OCH3 is 1. The molecule has 1 N–H and O–H groups in total. The van der Waals surface area contributed by atoms with E-state index < -0.39 is 6.10 Å². The van der Waals surface area contributed by atoms with Crippen LogP contribution < -0.4 is 4.74 Å². The highest BCUT2D eigenvalue weighted by Crippen LogP contribution is 2.40. The molecule has 0 aliphatic carbocycles. The largest absolute Gasteiger partial charge is 0.496 e. The molecular weight excluding hydrogens is 382 g/mol. The van der Waals surface area contributed by atoms with Crippen molar-refractivity contribution < 1.29 is 18.9 Å². The van der Waals surface area contributed by atoms with Gasteiger partial charge in [-0.25, -0.2) is 0 Å². The maximum absolute atomic E-state index is 10.1. The number of hydrogen-bond acceptors (Lipinski definition) is 7. The molecule has 0 aliphatic heterocycles. The Morgan fingerprint density at radius 3 is 2.50 bits per heavy atom. The average Bonchev–Trinajstić information content (AvgIpc) is 3.35. The summed E-state index contributed by atoms with van der Waals surface area (Å²) >= 11 is 5.93. The number of nitrogens with zero attached hydrogens (tertiary/aromatic N) is 3. The molecule has 0 bridgehead atoms. The summed E-state index contributed by atoms with van der Waals surface area (Å²) in [6, 6.07) is 14.4. The summed E-state index contributed by atoms with van der Waals surface area (Å²) in [6.45, 7) is 1.58. The van der Waals surface area contributed by atoms with Gasteiger partial charge in [-0.15, -0.1) is 0 Å². The van der Waals surface area contributed by atoms with E-state index in [-0.39, 0.29) is 11.7 Å². The van der Waals surface area contributed by atoms with Gasteiger partial charge in [-0.1, -0.05) is 34.0 Å². The van der Waals surface area contributed by atoms with E-state index >= 15 is 0 Å². The zero-order valence-electron chi connectivity index (χ0n) is 15.1. The fraction of sp³-hybridized carbons (Fsp3) is 0.150. The van der Waals surface area contributed by atoms with Crippen molar-refractivity contribution in [2.75, 3.05) is 7.11 Å². The molecule has 0 saturated heterocycles. The summed E-state index contributed by atoms with van der Waals surface area (Å²) in [5, 5.41) is 18.9. The molecule has 0 aliphatic rings. The van der Waals surface area contributed by atoms with Crippen LogP contribution >= 0.6 is 11.6 Å². The van der Waals surface area contributed by atoms with Crippen LogP contribution in [0, 0.1) is 0 Å². The van der Waals surface area contributed by atoms with Crippen LogP contribution in [0.2, 0.25) is 5.02 Å². The predicted molar refractivity (Wildman–Crippen MR) is 103 cm³/mol. The van der Waals surface area contributed by atoms with Gasteiger partial charge in [0.05, 0.1) is 7.11 Å². The molecule has 4 rings (SSSR count). The maximum atomic E-state index is 10.1. The van der Waals surface area contributed by atoms with Crippen molar-refractivity contribution in [1.29, 1.82) is 0 Å². The second kappa shape index (κ2) is 7.46. The molecule has 142 valence electrons. The van der Waals surface area contributed by atoms with Crippen LogP contribution in [-0.4, -0.2) is 27.5 Å². The molecule has 1 unspecified atom stereocenters. The van der Waals surface area contributed by atoms with Crippen LogP contribution in [0.3, 0.4) is 0 Å². The first-order valence-corrected chi connectivity index (χ1v) is 8.87. The van der Waals surface area contributed by atoms with E-state index in [1.165, 1.54) is 0 Å². The molecule has 2 heterocycles. The maximum Gasteiger partial charge on any atom is 0.264 e. The van der Waals surface area contributed by atoms with E-state index in [0.29, 0.717) is 33.4 Å². The Hall–Kier alpha value is -3.16. The Bertz CT molecular complexity index is 1100. The van der Waals surface area contributed by atoms with Gasteiger partial charge in [-0.3, -0.25) is 0 Å². The molecule has 4 aromatic rings. The highest BCUT2D eigenvalue weighted by Gasteiger charge is 2.28. The van der Waals surface area contributed by atoms with E-state index in [2.05, 4.69) is 15.3 Å². The van der Waals surface area contributed by atoms with E-state index in [4.69, 9.17) is 25.4 Å². The molecule has 1 atom stereocenters. The third-order valence-corrected chi connectivity index (χ3v) is 4.45. The number of halogens is 1. The van der Waals surface area contributed by atoms with Crippen LogP contribution in [0.1, 0.15) is 18.8 Å². The number of aliphatic hydroxyl groups is 1. The quantitative estimate of drug-likeness (QED) is 0.518. The van der Waals surface area contributed by atoms with Gasteiger partial charge in [0.25, 0.3) is 5.89 Å². The summed E-state index contributed by atoms with van der Waals surface area (Å²) in [4.78, 5) is 4.46. The van der Waals surface area contributed by atoms with Crippen molar-refractivity contribution in [2.45, 2.75) is 13.0 Å². The summed E-state index contributed by atoms with van der Waals surface area (Å²) in [6.07, 6.45) is -0.920. The molecule has 0 spiro atoms. The van der Waals surface area contributed by atoms with Crippen LogP contribution in [0.15, 0.2) is 57.6 Å². The number of hydrogen-bond donors (Lipinski definition) is 1. The predicted octanol–water partition coefficient (Wildman–Crippen LogP) is 4.77. The van der Waals surface area contributed by atoms with Gasteiger partial charge in [-0.2, -0.15) is 4.98 Å². The van der Waals surface area contributed by atoms with Crippen LogP contribution in [-0.2, 0) is 0 Å². The summed E-state index contributed by atoms with van der Waals surface area (Å²) in [5.74, 6) is 1.40. The lowest BCUT2D eigenvalue weighted by molar-refractivity contribution is 0.158. The van der Waals surface area contributed by atoms with Crippen LogP contribution in [0.5, 0.6) is 5.75 Å². The summed E-state index contributed by atoms with van der Waals surface area (Å²) < 4.78 is 16.3. The molecule has 28 heavy (non-hydrogen) atoms. The van der Waals surface area contributed by atoms with Gasteiger partial charge in [0.1, 0.15) is 23.1 Å². The van der Waals surface area contributed by atoms with Crippen molar-refractivity contribution >= 4 is 11.6 Å². The number of rotatable bonds is 5. The molecule has 2 aromatic heterocycles. The first kappa shape index (κ1) is 18.2. The normalized spacial score (nSPS) is 12.1. The third kappa shape index (κ3) is 3.26. The molecule has 0 radical (unpaired) electrons. The van der Waals surface area contributed by atoms with Gasteiger partial charge in [-0.05, 0) is 43.3 Å². The van der Waals surface area contributed by atoms with Crippen molar-refractivity contribution in [1.82, 2.24) is 15.3 Å². The molecular formula is C20H16ClN3O4. The zero-order chi connectivity index (χ0) is 19.7. The highest BCUT2D eigenvalue weighted by atomic mass is 35.5. The number of aliphatic hydroxyl groups excluding tert-OH is 1. The van der Waals surface area contributed by atoms with Crippen molar-refractivity contribution in [3.05, 3.63) is 59.3 Å². The first-order chi connectivity index (χ1) is 13.6. The SMILES string of the molecule is COc1ccccc1-c1noc(C(C)O)c1-c1nc(-c2ccc(Cl)cc2)no1. The Kier molecular flexibility index (Phi) is 4.85. The zero-order valence-corrected chi connectivity index (χ0v) is 15.8. The van der Waals surface area contributed by atoms with Crippen LogP contribution in [0.25, 0.3) is 34.1 Å². The lowest BCUT2D eigenvalue weighted by Gasteiger charge is -2.06. The van der Waals surface area contributed by atoms with Crippen molar-refractivity contribution in [2.24, 2.45) is 0 Å². The first-order valence-electron chi connectivity index (χ1n) is 8.49. The lowest BCUT2D eigenvalue weighted by atomic mass is 10.0. The Labute approximate surface area is 165 Å². The minimum absolute atomic E-state index is 0.183. The van der Waals surface area contributed by atoms with Gasteiger partial charge in [0, 0.05) is 16.1 Å². The number of ether oxygens (including phenoxy) is 1. The minimum atomic E-state index is -0.920. The summed E-state index contributed by atoms with van der Waals surface area (Å²) in [5.41, 5.74) is 2.29. The second-order valence-electron chi connectivity index (χ2n) is 6.08. The smallest absolute Gasteiger partial charge is 0.264 e. The summed E-state index contributed by atoms with van der Waals surface area (Å²) in [7, 11) is 1.57. The van der Waals surface area contributed by atoms with Gasteiger partial charge < -0.3 is 18.9 Å². The fourth-order valence-corrected chi connectivity index (χ4v) is 2.99. The molecule has 2 aromatic carbocycles. The van der Waals surface area contributed by atoms with Crippen LogP contribution in [0.4, 0.5) is 0 Å². The standard InChI is InChI=1S/C20H16ClN3O4/c1-11(25)18-16(17(23-27-18)14-5-3-4-6-15(14)26-2)20-22-19(24-28-20)12-7-9-13(21)10-8-12/h3-11,25H,1-2H3. The number of aromatic nitrogens is 3. The van der Waals surface area contributed by atoms with E-state index in [1.54, 1.807) is 38.3 Å². The van der Waals surface area contributed by atoms with Gasteiger partial charge in [0.2, 0.25) is 5.82 Å². The van der Waals surface area contributed by atoms with E-state index in [1.807, 2.05) is 24.3 Å². The Morgan fingerprint density at radius 2 is 1.79 bits per heavy atom. The number of benzene rings is 2. The van der Waals surface area contributed by atoms with Gasteiger partial charge >= 0.3 is 0 Å². The fourth-order valence-electron chi connectivity index (χ4n) is 2.86. The third-order valence-electron chi connectivity index (χ3n) is 4.20. The minimum Gasteiger partial charge on any atom is -0.496 e. The average molecular weight is 398 g/mol. The highest BCUT2D eigenvalue weighted by molar-refractivity contribution is 6.30. The van der Waals surface area contributed by atoms with E-state index in [0.717, 1.165) is 5.56 Å². The lowest BCUT2D eigenvalue weighted by Crippen LogP contribution is -1.94. The molecule has 0 fully saturated rings. The molecule has 7 nitrogen and oxygen atoms in total. The molecule has 0 amide bonds. The monoisotopic (exact) mass is 397 g/mol. The molecule has 0 saturated carbocycles. The molecule has 8 heteroatoms. The van der Waals surface area contributed by atoms with Gasteiger partial charge in [0.15, 0.2) is 5.76 Å². The second-order valence-corrected chi connectivity index (χ2v) is 6.51. The Balaban J connectivity index is 1.85. The van der Waals surface area contributed by atoms with Crippen molar-refractivity contribution in [3.63, 3.8) is 0 Å². The number of para-hydroxylation sites is 1. The van der Waals surface area contributed by atoms with Crippen molar-refractivity contribution in [3.8, 4) is 39.8 Å². The van der Waals surface area contributed by atoms with E-state index in [9.17, 15) is 5.11 Å².